The average molecular weight is 367 g/mol. The van der Waals surface area contributed by atoms with Crippen molar-refractivity contribution in [2.24, 2.45) is 0 Å². The van der Waals surface area contributed by atoms with Crippen LogP contribution in [0, 0.1) is 13.8 Å². The normalized spacial score (nSPS) is 11.9. The van der Waals surface area contributed by atoms with Crippen LogP contribution in [0.3, 0.4) is 0 Å². The Bertz CT molecular complexity index is 784. The summed E-state index contributed by atoms with van der Waals surface area (Å²) in [5.74, 6) is -0.172. The second-order valence-corrected chi connectivity index (χ2v) is 7.45. The molecule has 4 nitrogen and oxygen atoms in total. The largest absolute Gasteiger partial charge is 0.352 e. The Hall–Kier alpha value is -2.62. The molecule has 1 unspecified atom stereocenters. The van der Waals surface area contributed by atoms with E-state index in [0.717, 1.165) is 22.3 Å². The lowest BCUT2D eigenvalue weighted by Gasteiger charge is -2.29. The third kappa shape index (κ3) is 5.95. The van der Waals surface area contributed by atoms with Gasteiger partial charge in [0.2, 0.25) is 11.8 Å². The van der Waals surface area contributed by atoms with E-state index in [9.17, 15) is 9.59 Å². The van der Waals surface area contributed by atoms with Crippen molar-refractivity contribution in [2.75, 3.05) is 0 Å². The number of nitrogens with zero attached hydrogens (tertiary/aromatic N) is 1. The molecule has 0 aliphatic rings. The van der Waals surface area contributed by atoms with E-state index in [1.165, 1.54) is 0 Å². The average Bonchev–Trinajstić information content (AvgIpc) is 2.62. The van der Waals surface area contributed by atoms with Crippen molar-refractivity contribution in [1.29, 1.82) is 0 Å². The molecule has 0 fully saturated rings. The summed E-state index contributed by atoms with van der Waals surface area (Å²) < 4.78 is 0. The summed E-state index contributed by atoms with van der Waals surface area (Å²) in [5.41, 5.74) is 4.24. The number of rotatable bonds is 7. The standard InChI is InChI=1S/C23H30N2O2/c1-16(2)24-23(27)19(5)25(15-20-9-7-6-8-10-20)22(26)14-21-13-17(3)11-12-18(21)4/h6-13,16,19H,14-15H2,1-5H3,(H,24,27). The Kier molecular flexibility index (Phi) is 7.17. The first-order chi connectivity index (χ1) is 12.8. The Morgan fingerprint density at radius 3 is 2.30 bits per heavy atom. The molecule has 2 aromatic rings. The lowest BCUT2D eigenvalue weighted by Crippen LogP contribution is -2.49. The molecule has 2 rings (SSSR count). The molecule has 0 radical (unpaired) electrons. The van der Waals surface area contributed by atoms with Crippen LogP contribution >= 0.6 is 0 Å². The van der Waals surface area contributed by atoms with E-state index in [2.05, 4.69) is 5.32 Å². The van der Waals surface area contributed by atoms with Gasteiger partial charge in [-0.15, -0.1) is 0 Å². The van der Waals surface area contributed by atoms with E-state index >= 15 is 0 Å². The number of amides is 2. The van der Waals surface area contributed by atoms with Crippen molar-refractivity contribution in [3.8, 4) is 0 Å². The summed E-state index contributed by atoms with van der Waals surface area (Å²) in [6.07, 6.45) is 0.291. The van der Waals surface area contributed by atoms with Crippen LogP contribution < -0.4 is 5.32 Å². The number of nitrogens with one attached hydrogen (secondary N) is 1. The minimum atomic E-state index is -0.537. The number of aryl methyl sites for hydroxylation is 2. The molecule has 0 saturated carbocycles. The number of hydrogen-bond donors (Lipinski definition) is 1. The SMILES string of the molecule is Cc1ccc(C)c(CC(=O)N(Cc2ccccc2)C(C)C(=O)NC(C)C)c1. The second-order valence-electron chi connectivity index (χ2n) is 7.45. The predicted octanol–water partition coefficient (Wildman–Crippen LogP) is 3.79. The van der Waals surface area contributed by atoms with E-state index in [4.69, 9.17) is 0 Å². The molecule has 0 aliphatic carbocycles. The Balaban J connectivity index is 2.25. The van der Waals surface area contributed by atoms with Gasteiger partial charge in [0.15, 0.2) is 0 Å². The van der Waals surface area contributed by atoms with Gasteiger partial charge in [0, 0.05) is 12.6 Å². The minimum absolute atomic E-state index is 0.0349. The molecule has 0 aromatic heterocycles. The summed E-state index contributed by atoms with van der Waals surface area (Å²) >= 11 is 0. The number of hydrogen-bond acceptors (Lipinski definition) is 2. The molecule has 27 heavy (non-hydrogen) atoms. The van der Waals surface area contributed by atoms with Gasteiger partial charge in [-0.3, -0.25) is 9.59 Å². The Labute approximate surface area is 162 Å². The van der Waals surface area contributed by atoms with Crippen LogP contribution in [0.25, 0.3) is 0 Å². The fourth-order valence-electron chi connectivity index (χ4n) is 3.02. The van der Waals surface area contributed by atoms with E-state index in [-0.39, 0.29) is 17.9 Å². The van der Waals surface area contributed by atoms with Crippen molar-refractivity contribution in [3.63, 3.8) is 0 Å². The first-order valence-electron chi connectivity index (χ1n) is 9.48. The maximum Gasteiger partial charge on any atom is 0.242 e. The van der Waals surface area contributed by atoms with Gasteiger partial charge < -0.3 is 10.2 Å². The maximum atomic E-state index is 13.2. The van der Waals surface area contributed by atoms with Crippen molar-refractivity contribution in [2.45, 2.75) is 59.7 Å². The van der Waals surface area contributed by atoms with Crippen LogP contribution in [0.15, 0.2) is 48.5 Å². The van der Waals surface area contributed by atoms with Crippen molar-refractivity contribution in [1.82, 2.24) is 10.2 Å². The number of benzene rings is 2. The molecule has 0 spiro atoms. The van der Waals surface area contributed by atoms with Gasteiger partial charge in [-0.25, -0.2) is 0 Å². The van der Waals surface area contributed by atoms with Crippen LogP contribution in [-0.2, 0) is 22.6 Å². The topological polar surface area (TPSA) is 49.4 Å². The molecular weight excluding hydrogens is 336 g/mol. The first-order valence-corrected chi connectivity index (χ1v) is 9.48. The quantitative estimate of drug-likeness (QED) is 0.810. The molecule has 2 amide bonds. The highest BCUT2D eigenvalue weighted by Crippen LogP contribution is 2.16. The highest BCUT2D eigenvalue weighted by molar-refractivity contribution is 5.88. The van der Waals surface area contributed by atoms with Crippen LogP contribution in [0.5, 0.6) is 0 Å². The molecule has 1 atom stereocenters. The van der Waals surface area contributed by atoms with Crippen molar-refractivity contribution >= 4 is 11.8 Å². The highest BCUT2D eigenvalue weighted by Gasteiger charge is 2.26. The van der Waals surface area contributed by atoms with Crippen LogP contribution in [0.4, 0.5) is 0 Å². The zero-order valence-electron chi connectivity index (χ0n) is 17.0. The van der Waals surface area contributed by atoms with E-state index in [1.54, 1.807) is 11.8 Å². The molecule has 0 saturated heterocycles. The van der Waals surface area contributed by atoms with Crippen LogP contribution in [0.1, 0.15) is 43.0 Å². The fourth-order valence-corrected chi connectivity index (χ4v) is 3.02. The Morgan fingerprint density at radius 2 is 1.67 bits per heavy atom. The third-order valence-electron chi connectivity index (χ3n) is 4.64. The summed E-state index contributed by atoms with van der Waals surface area (Å²) in [6, 6.07) is 15.4. The monoisotopic (exact) mass is 366 g/mol. The lowest BCUT2D eigenvalue weighted by atomic mass is 10.0. The van der Waals surface area contributed by atoms with Gasteiger partial charge in [0.1, 0.15) is 6.04 Å². The first kappa shape index (κ1) is 20.7. The second kappa shape index (κ2) is 9.36. The zero-order chi connectivity index (χ0) is 20.0. The van der Waals surface area contributed by atoms with Gasteiger partial charge in [-0.1, -0.05) is 54.1 Å². The van der Waals surface area contributed by atoms with E-state index in [0.29, 0.717) is 13.0 Å². The van der Waals surface area contributed by atoms with E-state index in [1.807, 2.05) is 76.2 Å². The van der Waals surface area contributed by atoms with Crippen molar-refractivity contribution in [3.05, 3.63) is 70.8 Å². The number of carbonyl (C=O) groups excluding carboxylic acids is 2. The van der Waals surface area contributed by atoms with Crippen LogP contribution in [0.2, 0.25) is 0 Å². The fraction of sp³-hybridized carbons (Fsp3) is 0.391. The maximum absolute atomic E-state index is 13.2. The van der Waals surface area contributed by atoms with Gasteiger partial charge in [0.05, 0.1) is 6.42 Å². The molecule has 0 heterocycles. The molecule has 0 aliphatic heterocycles. The molecule has 144 valence electrons. The molecular formula is C23H30N2O2. The summed E-state index contributed by atoms with van der Waals surface area (Å²) in [7, 11) is 0. The van der Waals surface area contributed by atoms with Crippen LogP contribution in [-0.4, -0.2) is 28.8 Å². The zero-order valence-corrected chi connectivity index (χ0v) is 17.0. The van der Waals surface area contributed by atoms with E-state index < -0.39 is 6.04 Å². The highest BCUT2D eigenvalue weighted by atomic mass is 16.2. The molecule has 0 bridgehead atoms. The van der Waals surface area contributed by atoms with Gasteiger partial charge in [0.25, 0.3) is 0 Å². The van der Waals surface area contributed by atoms with Gasteiger partial charge >= 0.3 is 0 Å². The summed E-state index contributed by atoms with van der Waals surface area (Å²) in [4.78, 5) is 27.4. The summed E-state index contributed by atoms with van der Waals surface area (Å²) in [6.45, 7) is 10.1. The molecule has 2 aromatic carbocycles. The van der Waals surface area contributed by atoms with Gasteiger partial charge in [-0.05, 0) is 51.3 Å². The lowest BCUT2D eigenvalue weighted by molar-refractivity contribution is -0.140. The van der Waals surface area contributed by atoms with Crippen molar-refractivity contribution < 1.29 is 9.59 Å². The predicted molar refractivity (Wildman–Crippen MR) is 109 cm³/mol. The summed E-state index contributed by atoms with van der Waals surface area (Å²) in [5, 5.41) is 2.92. The third-order valence-corrected chi connectivity index (χ3v) is 4.64. The molecule has 4 heteroatoms. The van der Waals surface area contributed by atoms with Gasteiger partial charge in [-0.2, -0.15) is 0 Å². The number of carbonyl (C=O) groups is 2. The molecule has 1 N–H and O–H groups in total. The minimum Gasteiger partial charge on any atom is -0.352 e. The smallest absolute Gasteiger partial charge is 0.242 e. The Morgan fingerprint density at radius 1 is 1.00 bits per heavy atom.